The third-order valence-electron chi connectivity index (χ3n) is 16.3. The molecule has 1 aliphatic heterocycles. The van der Waals surface area contributed by atoms with Crippen LogP contribution in [-0.4, -0.2) is 16.2 Å². The van der Waals surface area contributed by atoms with Gasteiger partial charge in [-0.2, -0.15) is 0 Å². The summed E-state index contributed by atoms with van der Waals surface area (Å²) >= 11 is 0. The highest BCUT2D eigenvalue weighted by Gasteiger charge is 2.34. The molecule has 0 N–H and O–H groups in total. The lowest BCUT2D eigenvalue weighted by molar-refractivity contribution is 0.483. The van der Waals surface area contributed by atoms with Crippen molar-refractivity contribution >= 4 is 44.6 Å². The molecule has 0 unspecified atom stereocenters. The zero-order chi connectivity index (χ0) is 56.6. The Morgan fingerprint density at radius 3 is 1.63 bits per heavy atom. The van der Waals surface area contributed by atoms with Crippen molar-refractivity contribution in [2.24, 2.45) is 0 Å². The van der Waals surface area contributed by atoms with Crippen molar-refractivity contribution in [2.45, 2.75) is 105 Å². The number of ether oxygens (including phenoxy) is 1. The van der Waals surface area contributed by atoms with Gasteiger partial charge in [0.2, 0.25) is 0 Å². The van der Waals surface area contributed by atoms with Crippen LogP contribution in [0.15, 0.2) is 219 Å². The summed E-state index contributed by atoms with van der Waals surface area (Å²) < 4.78 is 9.26. The van der Waals surface area contributed by atoms with E-state index >= 15 is 0 Å². The quantitative estimate of drug-likeness (QED) is 0.144. The van der Waals surface area contributed by atoms with Gasteiger partial charge in [-0.3, -0.25) is 4.57 Å². The van der Waals surface area contributed by atoms with E-state index in [1.54, 1.807) is 0 Å². The Labute approximate surface area is 480 Å². The molecule has 0 spiro atoms. The molecule has 0 aliphatic carbocycles. The Morgan fingerprint density at radius 2 is 0.938 bits per heavy atom. The summed E-state index contributed by atoms with van der Waals surface area (Å²) in [5, 5.41) is 2.32. The molecule has 0 saturated heterocycles. The van der Waals surface area contributed by atoms with Crippen molar-refractivity contribution in [1.29, 1.82) is 0 Å². The summed E-state index contributed by atoms with van der Waals surface area (Å²) in [6.07, 6.45) is 2.05. The molecule has 5 heteroatoms. The molecule has 5 nitrogen and oxygen atoms in total. The largest absolute Gasteiger partial charge is 0.457 e. The van der Waals surface area contributed by atoms with Crippen LogP contribution in [0.5, 0.6) is 11.5 Å². The van der Waals surface area contributed by atoms with Crippen LogP contribution < -0.4 is 14.5 Å². The Balaban J connectivity index is 0.950. The standard InChI is InChI=1S/C76H74N4O/c1-73(2,3)54-39-37-51(38-40-54)50-33-35-53(36-34-50)62-43-55(74(4,5)6)44-63(59-27-16-18-29-65(59)75(7,8)9)72(62)79-49-78(68-31-20-21-32-69(68)79)56-25-22-26-57(45-56)81-58-41-42-61-60-28-17-19-30-67(60)80(70(61)46-58)71-47-66(76(10,11)12)64(48-77-71)52-23-14-13-15-24-52/h13-48H,49H2,1-12H3. The lowest BCUT2D eigenvalue weighted by Crippen LogP contribution is -2.25. The van der Waals surface area contributed by atoms with Crippen LogP contribution in [0.3, 0.4) is 0 Å². The minimum absolute atomic E-state index is 0.0913. The number of aromatic nitrogens is 2. The molecule has 12 rings (SSSR count). The number of pyridine rings is 1. The second kappa shape index (κ2) is 20.1. The minimum Gasteiger partial charge on any atom is -0.457 e. The van der Waals surface area contributed by atoms with Gasteiger partial charge >= 0.3 is 0 Å². The van der Waals surface area contributed by atoms with Gasteiger partial charge < -0.3 is 14.5 Å². The average Bonchev–Trinajstić information content (AvgIpc) is 4.06. The van der Waals surface area contributed by atoms with Crippen molar-refractivity contribution in [3.8, 4) is 61.8 Å². The molecule has 0 saturated carbocycles. The summed E-state index contributed by atoms with van der Waals surface area (Å²) in [6, 6.07) is 77.7. The Morgan fingerprint density at radius 1 is 0.370 bits per heavy atom. The highest BCUT2D eigenvalue weighted by molar-refractivity contribution is 6.09. The van der Waals surface area contributed by atoms with Gasteiger partial charge in [0.1, 0.15) is 24.0 Å². The first-order valence-corrected chi connectivity index (χ1v) is 28.7. The van der Waals surface area contributed by atoms with Crippen molar-refractivity contribution < 1.29 is 4.74 Å². The molecule has 9 aromatic carbocycles. The Kier molecular flexibility index (Phi) is 13.2. The van der Waals surface area contributed by atoms with Gasteiger partial charge in [-0.15, -0.1) is 0 Å². The van der Waals surface area contributed by atoms with Crippen molar-refractivity contribution in [2.75, 3.05) is 16.5 Å². The second-order valence-corrected chi connectivity index (χ2v) is 26.2. The predicted octanol–water partition coefficient (Wildman–Crippen LogP) is 21.1. The third-order valence-corrected chi connectivity index (χ3v) is 16.3. The van der Waals surface area contributed by atoms with Gasteiger partial charge in [0.05, 0.1) is 28.1 Å². The topological polar surface area (TPSA) is 33.5 Å². The van der Waals surface area contributed by atoms with Gasteiger partial charge in [-0.1, -0.05) is 223 Å². The molecule has 0 fully saturated rings. The number of para-hydroxylation sites is 3. The molecule has 2 aromatic heterocycles. The normalized spacial score (nSPS) is 13.1. The highest BCUT2D eigenvalue weighted by atomic mass is 16.5. The van der Waals surface area contributed by atoms with Crippen LogP contribution in [0.4, 0.5) is 22.7 Å². The van der Waals surface area contributed by atoms with E-state index < -0.39 is 0 Å². The Hall–Kier alpha value is -8.67. The summed E-state index contributed by atoms with van der Waals surface area (Å²) in [7, 11) is 0. The van der Waals surface area contributed by atoms with E-state index in [4.69, 9.17) is 9.72 Å². The molecule has 1 aliphatic rings. The minimum atomic E-state index is -0.126. The van der Waals surface area contributed by atoms with Crippen LogP contribution in [0.2, 0.25) is 0 Å². The molecular weight excluding hydrogens is 985 g/mol. The molecule has 0 radical (unpaired) electrons. The van der Waals surface area contributed by atoms with Gasteiger partial charge in [-0.25, -0.2) is 4.98 Å². The zero-order valence-electron chi connectivity index (χ0n) is 49.2. The maximum absolute atomic E-state index is 6.96. The third kappa shape index (κ3) is 10.1. The molecule has 0 amide bonds. The fraction of sp³-hybridized carbons (Fsp3) is 0.224. The highest BCUT2D eigenvalue weighted by Crippen LogP contribution is 2.53. The van der Waals surface area contributed by atoms with E-state index in [0.29, 0.717) is 6.67 Å². The van der Waals surface area contributed by atoms with E-state index in [2.05, 4.69) is 310 Å². The van der Waals surface area contributed by atoms with Gasteiger partial charge in [0.25, 0.3) is 0 Å². The maximum Gasteiger partial charge on any atom is 0.137 e. The number of anilines is 4. The molecular formula is C76H74N4O. The van der Waals surface area contributed by atoms with Gasteiger partial charge in [0.15, 0.2) is 0 Å². The SMILES string of the molecule is CC(C)(C)c1ccc(-c2ccc(-c3cc(C(C)(C)C)cc(-c4ccccc4C(C)(C)C)c3N3CN(c4cccc(Oc5ccc6c7ccccc7n(-c7cc(C(C)(C)C)c(-c8ccccc8)cn7)c6c5)c4)c4ccccc43)cc2)cc1. The molecule has 0 atom stereocenters. The number of nitrogens with zero attached hydrogens (tertiary/aromatic N) is 4. The van der Waals surface area contributed by atoms with Gasteiger partial charge in [-0.05, 0) is 132 Å². The van der Waals surface area contributed by atoms with Crippen molar-refractivity contribution in [3.05, 3.63) is 241 Å². The molecule has 404 valence electrons. The van der Waals surface area contributed by atoms with E-state index in [0.717, 1.165) is 61.9 Å². The monoisotopic (exact) mass is 1060 g/mol. The summed E-state index contributed by atoms with van der Waals surface area (Å²) in [5.41, 5.74) is 21.2. The van der Waals surface area contributed by atoms with Crippen LogP contribution in [0.25, 0.3) is 72.1 Å². The van der Waals surface area contributed by atoms with Gasteiger partial charge in [0, 0.05) is 51.5 Å². The average molecular weight is 1060 g/mol. The van der Waals surface area contributed by atoms with Crippen molar-refractivity contribution in [3.63, 3.8) is 0 Å². The van der Waals surface area contributed by atoms with E-state index in [-0.39, 0.29) is 21.7 Å². The first-order chi connectivity index (χ1) is 38.7. The maximum atomic E-state index is 6.96. The van der Waals surface area contributed by atoms with Crippen LogP contribution in [-0.2, 0) is 21.7 Å². The lowest BCUT2D eigenvalue weighted by atomic mass is 9.78. The molecule has 3 heterocycles. The number of benzene rings is 9. The second-order valence-electron chi connectivity index (χ2n) is 26.2. The number of fused-ring (bicyclic) bond motifs is 4. The van der Waals surface area contributed by atoms with E-state index in [1.807, 2.05) is 6.20 Å². The first-order valence-electron chi connectivity index (χ1n) is 28.7. The van der Waals surface area contributed by atoms with Crippen molar-refractivity contribution in [1.82, 2.24) is 9.55 Å². The van der Waals surface area contributed by atoms with E-state index in [1.165, 1.54) is 66.7 Å². The summed E-state index contributed by atoms with van der Waals surface area (Å²) in [4.78, 5) is 10.2. The van der Waals surface area contributed by atoms with Crippen LogP contribution >= 0.6 is 0 Å². The molecule has 11 aromatic rings. The first kappa shape index (κ1) is 53.0. The summed E-state index contributed by atoms with van der Waals surface area (Å²) in [5.74, 6) is 2.39. The fourth-order valence-corrected chi connectivity index (χ4v) is 11.9. The number of rotatable bonds is 9. The number of hydrogen-bond acceptors (Lipinski definition) is 4. The van der Waals surface area contributed by atoms with Crippen LogP contribution in [0, 0.1) is 0 Å². The fourth-order valence-electron chi connectivity index (χ4n) is 11.9. The lowest BCUT2D eigenvalue weighted by Gasteiger charge is -2.32. The summed E-state index contributed by atoms with van der Waals surface area (Å²) in [6.45, 7) is 28.2. The molecule has 81 heavy (non-hydrogen) atoms. The van der Waals surface area contributed by atoms with Crippen LogP contribution in [0.1, 0.15) is 105 Å². The smallest absolute Gasteiger partial charge is 0.137 e. The molecule has 0 bridgehead atoms. The number of hydrogen-bond donors (Lipinski definition) is 0. The van der Waals surface area contributed by atoms with E-state index in [9.17, 15) is 0 Å². The predicted molar refractivity (Wildman–Crippen MR) is 344 cm³/mol. The Bertz CT molecular complexity index is 4140. The zero-order valence-corrected chi connectivity index (χ0v) is 49.2.